The van der Waals surface area contributed by atoms with Crippen LogP contribution < -0.4 is 0 Å². The zero-order valence-electron chi connectivity index (χ0n) is 9.42. The lowest BCUT2D eigenvalue weighted by Crippen LogP contribution is -2.01. The molecule has 18 heavy (non-hydrogen) atoms. The molecular weight excluding hydrogens is 294 g/mol. The van der Waals surface area contributed by atoms with Crippen molar-refractivity contribution in [2.75, 3.05) is 0 Å². The summed E-state index contributed by atoms with van der Waals surface area (Å²) in [5.74, 6) is 0. The molecule has 0 fully saturated rings. The van der Waals surface area contributed by atoms with E-state index >= 15 is 0 Å². The van der Waals surface area contributed by atoms with Gasteiger partial charge < -0.3 is 5.11 Å². The third-order valence-electron chi connectivity index (χ3n) is 2.80. The van der Waals surface area contributed by atoms with Gasteiger partial charge in [-0.25, -0.2) is 4.68 Å². The molecule has 0 spiro atoms. The quantitative estimate of drug-likeness (QED) is 0.792. The summed E-state index contributed by atoms with van der Waals surface area (Å²) >= 11 is 3.43. The summed E-state index contributed by atoms with van der Waals surface area (Å²) in [6.07, 6.45) is 0. The lowest BCUT2D eigenvalue weighted by molar-refractivity contribution is 0.281. The summed E-state index contributed by atoms with van der Waals surface area (Å²) in [7, 11) is 0. The number of fused-ring (bicyclic) bond motifs is 1. The fourth-order valence-electron chi connectivity index (χ4n) is 1.91. The average molecular weight is 304 g/mol. The Balaban J connectivity index is 2.29. The Morgan fingerprint density at radius 3 is 2.83 bits per heavy atom. The second-order valence-electron chi connectivity index (χ2n) is 3.92. The highest BCUT2D eigenvalue weighted by molar-refractivity contribution is 9.10. The first-order valence-corrected chi connectivity index (χ1v) is 6.29. The lowest BCUT2D eigenvalue weighted by atomic mass is 10.2. The molecule has 1 N–H and O–H groups in total. The minimum absolute atomic E-state index is 0.0310. The van der Waals surface area contributed by atoms with Gasteiger partial charge in [-0.2, -0.15) is 0 Å². The number of hydrogen-bond donors (Lipinski definition) is 1. The first-order valence-electron chi connectivity index (χ1n) is 5.49. The Hall–Kier alpha value is -1.72. The molecule has 0 radical (unpaired) electrons. The number of halogens is 1. The summed E-state index contributed by atoms with van der Waals surface area (Å²) in [4.78, 5) is 0. The van der Waals surface area contributed by atoms with Crippen LogP contribution in [-0.4, -0.2) is 20.1 Å². The van der Waals surface area contributed by atoms with Gasteiger partial charge >= 0.3 is 0 Å². The molecule has 0 amide bonds. The maximum atomic E-state index is 9.40. The first-order chi connectivity index (χ1) is 8.79. The van der Waals surface area contributed by atoms with Crippen molar-refractivity contribution < 1.29 is 5.11 Å². The van der Waals surface area contributed by atoms with Gasteiger partial charge in [0.15, 0.2) is 0 Å². The molecule has 4 nitrogen and oxygen atoms in total. The average Bonchev–Trinajstić information content (AvgIpc) is 2.82. The highest BCUT2D eigenvalue weighted by Crippen LogP contribution is 2.23. The highest BCUT2D eigenvalue weighted by Gasteiger charge is 2.10. The fourth-order valence-corrected chi connectivity index (χ4v) is 2.26. The number of aromatic nitrogens is 3. The van der Waals surface area contributed by atoms with Crippen LogP contribution in [0.15, 0.2) is 46.9 Å². The molecule has 0 unspecified atom stereocenters. The van der Waals surface area contributed by atoms with Crippen LogP contribution in [0.25, 0.3) is 16.7 Å². The molecule has 0 aliphatic carbocycles. The summed E-state index contributed by atoms with van der Waals surface area (Å²) in [6, 6.07) is 13.4. The van der Waals surface area contributed by atoms with Crippen molar-refractivity contribution >= 4 is 27.0 Å². The van der Waals surface area contributed by atoms with E-state index in [0.717, 1.165) is 26.8 Å². The standard InChI is InChI=1S/C13H10BrN3O/c14-10-6-5-9(8-18)13(7-10)17-12-4-2-1-3-11(12)15-16-17/h1-7,18H,8H2. The van der Waals surface area contributed by atoms with Crippen LogP contribution in [0.3, 0.4) is 0 Å². The largest absolute Gasteiger partial charge is 0.392 e. The van der Waals surface area contributed by atoms with Crippen molar-refractivity contribution in [1.29, 1.82) is 0 Å². The Labute approximate surface area is 112 Å². The van der Waals surface area contributed by atoms with Gasteiger partial charge in [-0.05, 0) is 24.3 Å². The number of aliphatic hydroxyl groups excluding tert-OH is 1. The predicted molar refractivity (Wildman–Crippen MR) is 72.5 cm³/mol. The second kappa shape index (κ2) is 4.51. The Kier molecular flexibility index (Phi) is 2.85. The van der Waals surface area contributed by atoms with Gasteiger partial charge in [0.1, 0.15) is 5.52 Å². The van der Waals surface area contributed by atoms with E-state index in [1.54, 1.807) is 4.68 Å². The number of para-hydroxylation sites is 1. The van der Waals surface area contributed by atoms with Crippen molar-refractivity contribution in [2.24, 2.45) is 0 Å². The zero-order chi connectivity index (χ0) is 12.5. The van der Waals surface area contributed by atoms with Crippen LogP contribution in [0.1, 0.15) is 5.56 Å². The molecule has 0 atom stereocenters. The van der Waals surface area contributed by atoms with E-state index in [-0.39, 0.29) is 6.61 Å². The second-order valence-corrected chi connectivity index (χ2v) is 4.84. The van der Waals surface area contributed by atoms with E-state index in [1.807, 2.05) is 42.5 Å². The monoisotopic (exact) mass is 303 g/mol. The molecule has 2 aromatic carbocycles. The maximum absolute atomic E-state index is 9.40. The molecule has 90 valence electrons. The molecule has 0 saturated carbocycles. The van der Waals surface area contributed by atoms with Gasteiger partial charge in [0.25, 0.3) is 0 Å². The first kappa shape index (κ1) is 11.4. The van der Waals surface area contributed by atoms with E-state index < -0.39 is 0 Å². The maximum Gasteiger partial charge on any atom is 0.113 e. The lowest BCUT2D eigenvalue weighted by Gasteiger charge is -2.08. The minimum atomic E-state index is -0.0310. The summed E-state index contributed by atoms with van der Waals surface area (Å²) < 4.78 is 2.68. The highest BCUT2D eigenvalue weighted by atomic mass is 79.9. The van der Waals surface area contributed by atoms with E-state index in [9.17, 15) is 5.11 Å². The minimum Gasteiger partial charge on any atom is -0.392 e. The number of aliphatic hydroxyl groups is 1. The molecule has 5 heteroatoms. The SMILES string of the molecule is OCc1ccc(Br)cc1-n1nnc2ccccc21. The third kappa shape index (κ3) is 1.81. The molecule has 0 aliphatic heterocycles. The van der Waals surface area contributed by atoms with Crippen LogP contribution in [0.4, 0.5) is 0 Å². The van der Waals surface area contributed by atoms with Gasteiger partial charge in [0.2, 0.25) is 0 Å². The number of rotatable bonds is 2. The van der Waals surface area contributed by atoms with Crippen LogP contribution in [0.5, 0.6) is 0 Å². The zero-order valence-corrected chi connectivity index (χ0v) is 11.0. The van der Waals surface area contributed by atoms with Crippen molar-refractivity contribution in [1.82, 2.24) is 15.0 Å². The van der Waals surface area contributed by atoms with Crippen molar-refractivity contribution in [3.63, 3.8) is 0 Å². The molecule has 0 saturated heterocycles. The van der Waals surface area contributed by atoms with Gasteiger partial charge in [-0.1, -0.05) is 39.3 Å². The molecule has 1 aromatic heterocycles. The molecule has 0 bridgehead atoms. The van der Waals surface area contributed by atoms with Crippen LogP contribution in [0, 0.1) is 0 Å². The van der Waals surface area contributed by atoms with E-state index in [0.29, 0.717) is 0 Å². The van der Waals surface area contributed by atoms with E-state index in [1.165, 1.54) is 0 Å². The van der Waals surface area contributed by atoms with Crippen LogP contribution in [-0.2, 0) is 6.61 Å². The Morgan fingerprint density at radius 2 is 2.00 bits per heavy atom. The Bertz CT molecular complexity index is 708. The van der Waals surface area contributed by atoms with Crippen molar-refractivity contribution in [3.8, 4) is 5.69 Å². The number of hydrogen-bond acceptors (Lipinski definition) is 3. The molecule has 3 aromatic rings. The fraction of sp³-hybridized carbons (Fsp3) is 0.0769. The van der Waals surface area contributed by atoms with Gasteiger partial charge in [-0.15, -0.1) is 5.10 Å². The third-order valence-corrected chi connectivity index (χ3v) is 3.29. The van der Waals surface area contributed by atoms with Crippen molar-refractivity contribution in [2.45, 2.75) is 6.61 Å². The smallest absolute Gasteiger partial charge is 0.113 e. The van der Waals surface area contributed by atoms with Gasteiger partial charge in [-0.3, -0.25) is 0 Å². The van der Waals surface area contributed by atoms with E-state index in [4.69, 9.17) is 0 Å². The van der Waals surface area contributed by atoms with Crippen molar-refractivity contribution in [3.05, 3.63) is 52.5 Å². The van der Waals surface area contributed by atoms with Crippen LogP contribution >= 0.6 is 15.9 Å². The normalized spacial score (nSPS) is 11.0. The summed E-state index contributed by atoms with van der Waals surface area (Å²) in [5.41, 5.74) is 3.40. The predicted octanol–water partition coefficient (Wildman–Crippen LogP) is 2.68. The Morgan fingerprint density at radius 1 is 1.17 bits per heavy atom. The summed E-state index contributed by atoms with van der Waals surface area (Å²) in [6.45, 7) is -0.0310. The summed E-state index contributed by atoms with van der Waals surface area (Å²) in [5, 5.41) is 17.7. The molecule has 0 aliphatic rings. The van der Waals surface area contributed by atoms with Gasteiger partial charge in [0, 0.05) is 10.0 Å². The van der Waals surface area contributed by atoms with E-state index in [2.05, 4.69) is 26.2 Å². The molecule has 1 heterocycles. The molecule has 3 rings (SSSR count). The topological polar surface area (TPSA) is 50.9 Å². The number of benzene rings is 2. The molecular formula is C13H10BrN3O. The number of nitrogens with zero attached hydrogens (tertiary/aromatic N) is 3. The van der Waals surface area contributed by atoms with Gasteiger partial charge in [0.05, 0.1) is 17.8 Å². The van der Waals surface area contributed by atoms with Crippen LogP contribution in [0.2, 0.25) is 0 Å².